The lowest BCUT2D eigenvalue weighted by atomic mass is 10.1. The number of aromatic nitrogens is 4. The van der Waals surface area contributed by atoms with Crippen molar-refractivity contribution in [3.8, 4) is 0 Å². The fourth-order valence-electron chi connectivity index (χ4n) is 2.67. The largest absolute Gasteiger partial charge is 0.464 e. The Morgan fingerprint density at radius 1 is 1.23 bits per heavy atom. The molecule has 1 N–H and O–H groups in total. The van der Waals surface area contributed by atoms with Gasteiger partial charge in [0.25, 0.3) is 5.91 Å². The SMILES string of the molecule is COC(=O)c1c(NC(=O)c2ccc(Cn3cccn3)cc2)c(C)nn1C. The molecule has 0 spiro atoms. The van der Waals surface area contributed by atoms with Gasteiger partial charge in [-0.3, -0.25) is 14.2 Å². The van der Waals surface area contributed by atoms with Crippen molar-refractivity contribution >= 4 is 17.6 Å². The number of nitrogens with zero attached hydrogens (tertiary/aromatic N) is 4. The second kappa shape index (κ2) is 7.22. The van der Waals surface area contributed by atoms with Crippen LogP contribution in [0.3, 0.4) is 0 Å². The summed E-state index contributed by atoms with van der Waals surface area (Å²) in [5.41, 5.74) is 2.60. The highest BCUT2D eigenvalue weighted by atomic mass is 16.5. The van der Waals surface area contributed by atoms with E-state index in [1.165, 1.54) is 11.8 Å². The maximum atomic E-state index is 12.5. The summed E-state index contributed by atoms with van der Waals surface area (Å²) in [6.45, 7) is 2.35. The number of nitrogens with one attached hydrogen (secondary N) is 1. The summed E-state index contributed by atoms with van der Waals surface area (Å²) in [5, 5.41) is 11.1. The number of benzene rings is 1. The van der Waals surface area contributed by atoms with Gasteiger partial charge in [0.05, 0.1) is 25.0 Å². The van der Waals surface area contributed by atoms with E-state index in [0.29, 0.717) is 23.5 Å². The molecule has 1 amide bonds. The third-order valence-corrected chi connectivity index (χ3v) is 3.96. The van der Waals surface area contributed by atoms with Gasteiger partial charge in [-0.1, -0.05) is 12.1 Å². The third-order valence-electron chi connectivity index (χ3n) is 3.96. The highest BCUT2D eigenvalue weighted by Gasteiger charge is 2.22. The molecule has 0 fully saturated rings. The van der Waals surface area contributed by atoms with Crippen LogP contribution in [0.25, 0.3) is 0 Å². The predicted octanol–water partition coefficient (Wildman–Crippen LogP) is 2.01. The van der Waals surface area contributed by atoms with E-state index in [9.17, 15) is 9.59 Å². The Morgan fingerprint density at radius 2 is 1.96 bits per heavy atom. The molecule has 3 aromatic rings. The van der Waals surface area contributed by atoms with Crippen LogP contribution in [-0.4, -0.2) is 38.5 Å². The van der Waals surface area contributed by atoms with E-state index in [-0.39, 0.29) is 11.6 Å². The average molecular weight is 353 g/mol. The van der Waals surface area contributed by atoms with Crippen LogP contribution in [0.15, 0.2) is 42.7 Å². The highest BCUT2D eigenvalue weighted by molar-refractivity contribution is 6.08. The Morgan fingerprint density at radius 3 is 2.58 bits per heavy atom. The molecule has 0 unspecified atom stereocenters. The van der Waals surface area contributed by atoms with Crippen LogP contribution < -0.4 is 5.32 Å². The van der Waals surface area contributed by atoms with Gasteiger partial charge in [-0.15, -0.1) is 0 Å². The third kappa shape index (κ3) is 3.49. The zero-order chi connectivity index (χ0) is 18.7. The standard InChI is InChI=1S/C18H19N5O3/c1-12-15(16(18(25)26-3)22(2)21-12)20-17(24)14-7-5-13(6-8-14)11-23-10-4-9-19-23/h4-10H,11H2,1-3H3,(H,20,24). The molecule has 0 bridgehead atoms. The van der Waals surface area contributed by atoms with Crippen molar-refractivity contribution in [2.45, 2.75) is 13.5 Å². The van der Waals surface area contributed by atoms with Crippen LogP contribution in [0.2, 0.25) is 0 Å². The number of carbonyl (C=O) groups is 2. The van der Waals surface area contributed by atoms with Gasteiger partial charge in [0, 0.05) is 25.0 Å². The number of rotatable bonds is 5. The van der Waals surface area contributed by atoms with E-state index < -0.39 is 5.97 Å². The van der Waals surface area contributed by atoms with Crippen molar-refractivity contribution in [1.82, 2.24) is 19.6 Å². The van der Waals surface area contributed by atoms with Crippen LogP contribution in [0, 0.1) is 6.92 Å². The molecule has 0 aliphatic heterocycles. The topological polar surface area (TPSA) is 91.0 Å². The first kappa shape index (κ1) is 17.4. The van der Waals surface area contributed by atoms with E-state index in [2.05, 4.69) is 15.5 Å². The number of aryl methyl sites for hydroxylation is 2. The Balaban J connectivity index is 1.77. The molecule has 2 heterocycles. The van der Waals surface area contributed by atoms with Crippen molar-refractivity contribution < 1.29 is 14.3 Å². The van der Waals surface area contributed by atoms with Gasteiger partial charge in [0.15, 0.2) is 5.69 Å². The minimum absolute atomic E-state index is 0.202. The minimum atomic E-state index is -0.557. The maximum absolute atomic E-state index is 12.5. The molecule has 0 radical (unpaired) electrons. The van der Waals surface area contributed by atoms with E-state index in [1.807, 2.05) is 24.4 Å². The van der Waals surface area contributed by atoms with Crippen LogP contribution in [-0.2, 0) is 18.3 Å². The highest BCUT2D eigenvalue weighted by Crippen LogP contribution is 2.21. The van der Waals surface area contributed by atoms with Crippen molar-refractivity contribution in [1.29, 1.82) is 0 Å². The number of amides is 1. The molecule has 8 nitrogen and oxygen atoms in total. The molecule has 26 heavy (non-hydrogen) atoms. The van der Waals surface area contributed by atoms with E-state index >= 15 is 0 Å². The molecule has 0 aliphatic rings. The van der Waals surface area contributed by atoms with Gasteiger partial charge in [0.1, 0.15) is 0 Å². The van der Waals surface area contributed by atoms with Crippen LogP contribution >= 0.6 is 0 Å². The van der Waals surface area contributed by atoms with Gasteiger partial charge in [0.2, 0.25) is 0 Å². The summed E-state index contributed by atoms with van der Waals surface area (Å²) >= 11 is 0. The molecule has 8 heteroatoms. The van der Waals surface area contributed by atoms with Gasteiger partial charge in [-0.2, -0.15) is 10.2 Å². The van der Waals surface area contributed by atoms with Crippen molar-refractivity contribution in [3.63, 3.8) is 0 Å². The summed E-state index contributed by atoms with van der Waals surface area (Å²) in [6, 6.07) is 9.06. The van der Waals surface area contributed by atoms with Gasteiger partial charge in [-0.05, 0) is 30.7 Å². The average Bonchev–Trinajstić information content (AvgIpc) is 3.23. The van der Waals surface area contributed by atoms with Gasteiger partial charge in [-0.25, -0.2) is 4.79 Å². The summed E-state index contributed by atoms with van der Waals surface area (Å²) in [6.07, 6.45) is 3.59. The number of hydrogen-bond acceptors (Lipinski definition) is 5. The summed E-state index contributed by atoms with van der Waals surface area (Å²) in [5.74, 6) is -0.880. The molecule has 2 aromatic heterocycles. The molecule has 0 saturated heterocycles. The lowest BCUT2D eigenvalue weighted by Crippen LogP contribution is -2.17. The second-order valence-corrected chi connectivity index (χ2v) is 5.78. The number of methoxy groups -OCH3 is 1. The number of anilines is 1. The summed E-state index contributed by atoms with van der Waals surface area (Å²) < 4.78 is 7.96. The van der Waals surface area contributed by atoms with E-state index in [1.54, 1.807) is 37.0 Å². The van der Waals surface area contributed by atoms with Crippen LogP contribution in [0.4, 0.5) is 5.69 Å². The smallest absolute Gasteiger partial charge is 0.358 e. The van der Waals surface area contributed by atoms with E-state index in [4.69, 9.17) is 4.74 Å². The second-order valence-electron chi connectivity index (χ2n) is 5.78. The Bertz CT molecular complexity index is 927. The quantitative estimate of drug-likeness (QED) is 0.709. The van der Waals surface area contributed by atoms with Crippen molar-refractivity contribution in [2.75, 3.05) is 12.4 Å². The van der Waals surface area contributed by atoms with Crippen LogP contribution in [0.1, 0.15) is 32.1 Å². The number of esters is 1. The molecule has 0 aliphatic carbocycles. The number of hydrogen-bond donors (Lipinski definition) is 1. The maximum Gasteiger partial charge on any atom is 0.358 e. The lowest BCUT2D eigenvalue weighted by molar-refractivity contribution is 0.0589. The zero-order valence-electron chi connectivity index (χ0n) is 14.8. The van der Waals surface area contributed by atoms with E-state index in [0.717, 1.165) is 5.56 Å². The molecule has 0 atom stereocenters. The number of ether oxygens (including phenoxy) is 1. The molecule has 134 valence electrons. The normalized spacial score (nSPS) is 10.6. The van der Waals surface area contributed by atoms with Crippen LogP contribution in [0.5, 0.6) is 0 Å². The van der Waals surface area contributed by atoms with Gasteiger partial charge < -0.3 is 10.1 Å². The lowest BCUT2D eigenvalue weighted by Gasteiger charge is -2.08. The summed E-state index contributed by atoms with van der Waals surface area (Å²) in [4.78, 5) is 24.5. The van der Waals surface area contributed by atoms with Crippen molar-refractivity contribution in [2.24, 2.45) is 7.05 Å². The zero-order valence-corrected chi connectivity index (χ0v) is 14.8. The first-order chi connectivity index (χ1) is 12.5. The fraction of sp³-hybridized carbons (Fsp3) is 0.222. The molecule has 0 saturated carbocycles. The molecular formula is C18H19N5O3. The minimum Gasteiger partial charge on any atom is -0.464 e. The Hall–Kier alpha value is -3.42. The van der Waals surface area contributed by atoms with Gasteiger partial charge >= 0.3 is 5.97 Å². The molecule has 3 rings (SSSR count). The Kier molecular flexibility index (Phi) is 4.83. The molecular weight excluding hydrogens is 334 g/mol. The fourth-order valence-corrected chi connectivity index (χ4v) is 2.67. The monoisotopic (exact) mass is 353 g/mol. The summed E-state index contributed by atoms with van der Waals surface area (Å²) in [7, 11) is 2.91. The molecule has 1 aromatic carbocycles. The van der Waals surface area contributed by atoms with Crippen molar-refractivity contribution in [3.05, 3.63) is 65.2 Å². The first-order valence-electron chi connectivity index (χ1n) is 7.99. The predicted molar refractivity (Wildman–Crippen MR) is 95.0 cm³/mol. The first-order valence-corrected chi connectivity index (χ1v) is 7.99. The number of carbonyl (C=O) groups excluding carboxylic acids is 2. The Labute approximate surface area is 150 Å².